The molecule has 0 heterocycles. The van der Waals surface area contributed by atoms with E-state index in [1.54, 1.807) is 0 Å². The zero-order valence-corrected chi connectivity index (χ0v) is 14.7. The van der Waals surface area contributed by atoms with Gasteiger partial charge in [-0.2, -0.15) is 0 Å². The maximum Gasteiger partial charge on any atom is 0.164 e. The van der Waals surface area contributed by atoms with Crippen molar-refractivity contribution in [3.8, 4) is 0 Å². The zero-order valence-electron chi connectivity index (χ0n) is 14.7. The monoisotopic (exact) mass is 308 g/mol. The number of ether oxygens (including phenoxy) is 1. The average molecular weight is 309 g/mol. The first-order chi connectivity index (χ1) is 10.8. The molecule has 2 aliphatic carbocycles. The molecule has 0 bridgehead atoms. The van der Waals surface area contributed by atoms with Gasteiger partial charge in [-0.1, -0.05) is 64.7 Å². The number of unbranched alkanes of at least 4 members (excludes halogenated alkanes) is 3. The van der Waals surface area contributed by atoms with Crippen LogP contribution in [0.5, 0.6) is 0 Å². The third kappa shape index (κ3) is 5.68. The summed E-state index contributed by atoms with van der Waals surface area (Å²) in [5, 5.41) is 0. The topological polar surface area (TPSA) is 26.3 Å². The van der Waals surface area contributed by atoms with Crippen molar-refractivity contribution < 1.29 is 9.53 Å². The molecule has 22 heavy (non-hydrogen) atoms. The fourth-order valence-electron chi connectivity index (χ4n) is 4.25. The van der Waals surface area contributed by atoms with Gasteiger partial charge in [0.1, 0.15) is 6.10 Å². The lowest BCUT2D eigenvalue weighted by molar-refractivity contribution is -0.140. The largest absolute Gasteiger partial charge is 0.370 e. The molecule has 0 aromatic heterocycles. The van der Waals surface area contributed by atoms with Crippen molar-refractivity contribution in [1.82, 2.24) is 0 Å². The molecule has 0 N–H and O–H groups in total. The van der Waals surface area contributed by atoms with Gasteiger partial charge in [-0.15, -0.1) is 0 Å². The Morgan fingerprint density at radius 1 is 0.909 bits per heavy atom. The predicted octanol–water partition coefficient (Wildman–Crippen LogP) is 5.68. The first-order valence-corrected chi connectivity index (χ1v) is 9.98. The summed E-state index contributed by atoms with van der Waals surface area (Å²) in [6.07, 6.45) is 17.2. The quantitative estimate of drug-likeness (QED) is 0.512. The summed E-state index contributed by atoms with van der Waals surface area (Å²) in [5.41, 5.74) is 0. The molecule has 128 valence electrons. The molecule has 2 heteroatoms. The lowest BCUT2D eigenvalue weighted by Crippen LogP contribution is -2.38. The molecule has 0 aliphatic heterocycles. The number of hydrogen-bond donors (Lipinski definition) is 0. The van der Waals surface area contributed by atoms with E-state index in [0.29, 0.717) is 17.6 Å². The van der Waals surface area contributed by atoms with E-state index in [2.05, 4.69) is 6.92 Å². The highest BCUT2D eigenvalue weighted by Gasteiger charge is 2.34. The third-order valence-corrected chi connectivity index (χ3v) is 5.66. The van der Waals surface area contributed by atoms with Crippen LogP contribution in [0.1, 0.15) is 96.8 Å². The fourth-order valence-corrected chi connectivity index (χ4v) is 4.25. The van der Waals surface area contributed by atoms with Gasteiger partial charge in [0.05, 0.1) is 0 Å². The predicted molar refractivity (Wildman–Crippen MR) is 92.0 cm³/mol. The van der Waals surface area contributed by atoms with Crippen molar-refractivity contribution in [2.75, 3.05) is 6.61 Å². The van der Waals surface area contributed by atoms with Crippen molar-refractivity contribution in [2.45, 2.75) is 103 Å². The summed E-state index contributed by atoms with van der Waals surface area (Å²) in [4.78, 5) is 13.0. The van der Waals surface area contributed by atoms with Gasteiger partial charge in [-0.05, 0) is 38.0 Å². The van der Waals surface area contributed by atoms with Gasteiger partial charge < -0.3 is 4.74 Å². The number of rotatable bonds is 9. The molecular formula is C20H36O2. The second kappa shape index (κ2) is 10.4. The highest BCUT2D eigenvalue weighted by molar-refractivity contribution is 5.85. The van der Waals surface area contributed by atoms with Crippen LogP contribution >= 0.6 is 0 Å². The van der Waals surface area contributed by atoms with Crippen LogP contribution in [0.25, 0.3) is 0 Å². The van der Waals surface area contributed by atoms with Gasteiger partial charge >= 0.3 is 0 Å². The number of carbonyl (C=O) groups is 1. The number of hydrogen-bond acceptors (Lipinski definition) is 2. The summed E-state index contributed by atoms with van der Waals surface area (Å²) < 4.78 is 6.19. The smallest absolute Gasteiger partial charge is 0.164 e. The Morgan fingerprint density at radius 2 is 1.55 bits per heavy atom. The van der Waals surface area contributed by atoms with Crippen molar-refractivity contribution in [3.05, 3.63) is 0 Å². The maximum atomic E-state index is 13.0. The van der Waals surface area contributed by atoms with Gasteiger partial charge in [0, 0.05) is 12.5 Å². The molecule has 1 unspecified atom stereocenters. The van der Waals surface area contributed by atoms with Crippen LogP contribution in [0, 0.1) is 11.8 Å². The van der Waals surface area contributed by atoms with Gasteiger partial charge in [-0.25, -0.2) is 0 Å². The Balaban J connectivity index is 1.86. The van der Waals surface area contributed by atoms with Crippen LogP contribution in [0.2, 0.25) is 0 Å². The standard InChI is InChI=1S/C20H36O2/c1-2-3-4-11-16-22-20(18-14-9-6-10-15-18)19(21)17-12-7-5-8-13-17/h17-18,20H,2-16H2,1H3. The summed E-state index contributed by atoms with van der Waals surface area (Å²) in [5.74, 6) is 1.27. The molecule has 2 aliphatic rings. The molecule has 0 aromatic carbocycles. The highest BCUT2D eigenvalue weighted by atomic mass is 16.5. The van der Waals surface area contributed by atoms with Crippen LogP contribution in [0.3, 0.4) is 0 Å². The Hall–Kier alpha value is -0.370. The molecule has 0 amide bonds. The lowest BCUT2D eigenvalue weighted by Gasteiger charge is -2.32. The minimum Gasteiger partial charge on any atom is -0.370 e. The Bertz CT molecular complexity index is 301. The number of Topliss-reactive ketones (excluding diaryl/α,β-unsaturated/α-hetero) is 1. The summed E-state index contributed by atoms with van der Waals surface area (Å²) in [6, 6.07) is 0. The summed E-state index contributed by atoms with van der Waals surface area (Å²) in [6.45, 7) is 3.03. The van der Waals surface area contributed by atoms with E-state index < -0.39 is 0 Å². The van der Waals surface area contributed by atoms with Crippen LogP contribution in [0.15, 0.2) is 0 Å². The van der Waals surface area contributed by atoms with Crippen molar-refractivity contribution >= 4 is 5.78 Å². The van der Waals surface area contributed by atoms with Crippen LogP contribution in [0.4, 0.5) is 0 Å². The molecule has 0 saturated heterocycles. The highest BCUT2D eigenvalue weighted by Crippen LogP contribution is 2.33. The SMILES string of the molecule is CCCCCCOC(C(=O)C1CCCCC1)C1CCCCC1. The van der Waals surface area contributed by atoms with E-state index in [-0.39, 0.29) is 6.10 Å². The van der Waals surface area contributed by atoms with Gasteiger partial charge in [0.2, 0.25) is 0 Å². The molecule has 2 rings (SSSR count). The average Bonchev–Trinajstić information content (AvgIpc) is 2.59. The molecule has 2 nitrogen and oxygen atoms in total. The molecule has 0 aromatic rings. The minimum absolute atomic E-state index is 0.0787. The number of ketones is 1. The second-order valence-corrected chi connectivity index (χ2v) is 7.49. The molecular weight excluding hydrogens is 272 g/mol. The minimum atomic E-state index is -0.0787. The van der Waals surface area contributed by atoms with E-state index in [9.17, 15) is 4.79 Å². The normalized spacial score (nSPS) is 22.6. The Kier molecular flexibility index (Phi) is 8.51. The lowest BCUT2D eigenvalue weighted by atomic mass is 9.77. The van der Waals surface area contributed by atoms with Crippen LogP contribution in [-0.4, -0.2) is 18.5 Å². The van der Waals surface area contributed by atoms with E-state index >= 15 is 0 Å². The summed E-state index contributed by atoms with van der Waals surface area (Å²) in [7, 11) is 0. The van der Waals surface area contributed by atoms with E-state index in [1.165, 1.54) is 70.6 Å². The summed E-state index contributed by atoms with van der Waals surface area (Å²) >= 11 is 0. The molecule has 0 radical (unpaired) electrons. The van der Waals surface area contributed by atoms with Crippen molar-refractivity contribution in [2.24, 2.45) is 11.8 Å². The molecule has 2 saturated carbocycles. The van der Waals surface area contributed by atoms with E-state index in [1.807, 2.05) is 0 Å². The zero-order chi connectivity index (χ0) is 15.6. The maximum absolute atomic E-state index is 13.0. The molecule has 0 spiro atoms. The van der Waals surface area contributed by atoms with Crippen molar-refractivity contribution in [3.63, 3.8) is 0 Å². The fraction of sp³-hybridized carbons (Fsp3) is 0.950. The number of carbonyl (C=O) groups excluding carboxylic acids is 1. The molecule has 1 atom stereocenters. The Labute approximate surface area is 137 Å². The van der Waals surface area contributed by atoms with Crippen molar-refractivity contribution in [1.29, 1.82) is 0 Å². The molecule has 2 fully saturated rings. The Morgan fingerprint density at radius 3 is 2.18 bits per heavy atom. The second-order valence-electron chi connectivity index (χ2n) is 7.49. The first-order valence-electron chi connectivity index (χ1n) is 9.98. The first kappa shape index (κ1) is 18.0. The van der Waals surface area contributed by atoms with E-state index in [0.717, 1.165) is 25.9 Å². The van der Waals surface area contributed by atoms with E-state index in [4.69, 9.17) is 4.74 Å². The van der Waals surface area contributed by atoms with Crippen LogP contribution < -0.4 is 0 Å². The van der Waals surface area contributed by atoms with Gasteiger partial charge in [0.25, 0.3) is 0 Å². The third-order valence-electron chi connectivity index (χ3n) is 5.66. The van der Waals surface area contributed by atoms with Gasteiger partial charge in [0.15, 0.2) is 5.78 Å². The van der Waals surface area contributed by atoms with Crippen LogP contribution in [-0.2, 0) is 9.53 Å². The van der Waals surface area contributed by atoms with Gasteiger partial charge in [-0.3, -0.25) is 4.79 Å².